The van der Waals surface area contributed by atoms with Gasteiger partial charge in [-0.05, 0) is 36.8 Å². The van der Waals surface area contributed by atoms with Crippen molar-refractivity contribution in [2.75, 3.05) is 12.4 Å². The SMILES string of the molecule is COc1c(C)cccc1C(=O)Nc1ccc(Br)cc1Cl. The van der Waals surface area contributed by atoms with Gasteiger partial charge in [0.1, 0.15) is 5.75 Å². The van der Waals surface area contributed by atoms with Gasteiger partial charge in [0, 0.05) is 4.47 Å². The number of aryl methyl sites for hydroxylation is 1. The third-order valence-electron chi connectivity index (χ3n) is 2.84. The van der Waals surface area contributed by atoms with Gasteiger partial charge in [-0.25, -0.2) is 0 Å². The minimum absolute atomic E-state index is 0.255. The fourth-order valence-electron chi connectivity index (χ4n) is 1.88. The lowest BCUT2D eigenvalue weighted by molar-refractivity contribution is 0.102. The zero-order chi connectivity index (χ0) is 14.7. The molecule has 5 heteroatoms. The number of anilines is 1. The van der Waals surface area contributed by atoms with E-state index in [-0.39, 0.29) is 5.91 Å². The summed E-state index contributed by atoms with van der Waals surface area (Å²) < 4.78 is 6.14. The highest BCUT2D eigenvalue weighted by Crippen LogP contribution is 2.28. The highest BCUT2D eigenvalue weighted by atomic mass is 79.9. The largest absolute Gasteiger partial charge is 0.496 e. The van der Waals surface area contributed by atoms with Crippen LogP contribution >= 0.6 is 27.5 Å². The van der Waals surface area contributed by atoms with Gasteiger partial charge in [0.05, 0.1) is 23.4 Å². The number of para-hydroxylation sites is 1. The number of carbonyl (C=O) groups is 1. The summed E-state index contributed by atoms with van der Waals surface area (Å²) in [7, 11) is 1.55. The highest BCUT2D eigenvalue weighted by molar-refractivity contribution is 9.10. The normalized spacial score (nSPS) is 10.2. The quantitative estimate of drug-likeness (QED) is 0.869. The number of benzene rings is 2. The molecule has 3 nitrogen and oxygen atoms in total. The molecule has 2 rings (SSSR count). The number of hydrogen-bond donors (Lipinski definition) is 1. The van der Waals surface area contributed by atoms with Gasteiger partial charge in [0.15, 0.2) is 0 Å². The molecule has 0 spiro atoms. The van der Waals surface area contributed by atoms with Gasteiger partial charge >= 0.3 is 0 Å². The molecule has 2 aromatic rings. The van der Waals surface area contributed by atoms with E-state index in [1.165, 1.54) is 0 Å². The van der Waals surface area contributed by atoms with Crippen LogP contribution in [-0.4, -0.2) is 13.0 Å². The van der Waals surface area contributed by atoms with Crippen LogP contribution in [0.15, 0.2) is 40.9 Å². The van der Waals surface area contributed by atoms with Gasteiger partial charge in [0.2, 0.25) is 0 Å². The van der Waals surface area contributed by atoms with Crippen molar-refractivity contribution < 1.29 is 9.53 Å². The number of ether oxygens (including phenoxy) is 1. The average Bonchev–Trinajstić information content (AvgIpc) is 2.41. The standard InChI is InChI=1S/C15H13BrClNO2/c1-9-4-3-5-11(14(9)20-2)15(19)18-13-7-6-10(16)8-12(13)17/h3-8H,1-2H3,(H,18,19). The van der Waals surface area contributed by atoms with Crippen LogP contribution in [0.5, 0.6) is 5.75 Å². The smallest absolute Gasteiger partial charge is 0.259 e. The molecule has 0 heterocycles. The van der Waals surface area contributed by atoms with Crippen LogP contribution < -0.4 is 10.1 Å². The number of methoxy groups -OCH3 is 1. The van der Waals surface area contributed by atoms with E-state index < -0.39 is 0 Å². The molecule has 2 aromatic carbocycles. The Morgan fingerprint density at radius 2 is 2.05 bits per heavy atom. The van der Waals surface area contributed by atoms with Crippen LogP contribution in [0.4, 0.5) is 5.69 Å². The van der Waals surface area contributed by atoms with E-state index >= 15 is 0 Å². The summed E-state index contributed by atoms with van der Waals surface area (Å²) >= 11 is 9.41. The number of hydrogen-bond acceptors (Lipinski definition) is 2. The Morgan fingerprint density at radius 3 is 2.70 bits per heavy atom. The Balaban J connectivity index is 2.31. The fourth-order valence-corrected chi connectivity index (χ4v) is 2.60. The Kier molecular flexibility index (Phi) is 4.68. The maximum absolute atomic E-state index is 12.3. The van der Waals surface area contributed by atoms with Crippen LogP contribution in [0.2, 0.25) is 5.02 Å². The van der Waals surface area contributed by atoms with Crippen molar-refractivity contribution in [3.63, 3.8) is 0 Å². The Bertz CT molecular complexity index is 658. The number of halogens is 2. The van der Waals surface area contributed by atoms with E-state index in [4.69, 9.17) is 16.3 Å². The van der Waals surface area contributed by atoms with Crippen molar-refractivity contribution in [3.8, 4) is 5.75 Å². The van der Waals surface area contributed by atoms with Gasteiger partial charge < -0.3 is 10.1 Å². The van der Waals surface area contributed by atoms with E-state index in [1.807, 2.05) is 25.1 Å². The zero-order valence-corrected chi connectivity index (χ0v) is 13.4. The Labute approximate surface area is 131 Å². The van der Waals surface area contributed by atoms with E-state index in [2.05, 4.69) is 21.2 Å². The average molecular weight is 355 g/mol. The molecule has 0 atom stereocenters. The van der Waals surface area contributed by atoms with E-state index in [0.717, 1.165) is 10.0 Å². The highest BCUT2D eigenvalue weighted by Gasteiger charge is 2.15. The summed E-state index contributed by atoms with van der Waals surface area (Å²) in [5.41, 5.74) is 1.94. The van der Waals surface area contributed by atoms with Crippen molar-refractivity contribution >= 4 is 39.1 Å². The fraction of sp³-hybridized carbons (Fsp3) is 0.133. The summed E-state index contributed by atoms with van der Waals surface area (Å²) in [5.74, 6) is 0.313. The van der Waals surface area contributed by atoms with Crippen molar-refractivity contribution in [1.82, 2.24) is 0 Å². The summed E-state index contributed by atoms with van der Waals surface area (Å²) in [6.45, 7) is 1.89. The van der Waals surface area contributed by atoms with Crippen molar-refractivity contribution in [1.29, 1.82) is 0 Å². The summed E-state index contributed by atoms with van der Waals surface area (Å²) in [5, 5.41) is 3.26. The molecule has 0 aromatic heterocycles. The molecule has 0 unspecified atom stereocenters. The minimum Gasteiger partial charge on any atom is -0.496 e. The number of nitrogens with one attached hydrogen (secondary N) is 1. The predicted molar refractivity (Wildman–Crippen MR) is 84.8 cm³/mol. The van der Waals surface area contributed by atoms with Gasteiger partial charge in [-0.2, -0.15) is 0 Å². The topological polar surface area (TPSA) is 38.3 Å². The Morgan fingerprint density at radius 1 is 1.30 bits per heavy atom. The van der Waals surface area contributed by atoms with E-state index in [1.54, 1.807) is 25.3 Å². The maximum atomic E-state index is 12.3. The molecule has 0 saturated carbocycles. The molecule has 0 saturated heterocycles. The molecule has 1 amide bonds. The van der Waals surface area contributed by atoms with Crippen LogP contribution in [0, 0.1) is 6.92 Å². The molecule has 20 heavy (non-hydrogen) atoms. The van der Waals surface area contributed by atoms with Crippen molar-refractivity contribution in [2.24, 2.45) is 0 Å². The lowest BCUT2D eigenvalue weighted by atomic mass is 10.1. The molecule has 1 N–H and O–H groups in total. The number of rotatable bonds is 3. The predicted octanol–water partition coefficient (Wildman–Crippen LogP) is 4.67. The van der Waals surface area contributed by atoms with Crippen LogP contribution in [0.3, 0.4) is 0 Å². The van der Waals surface area contributed by atoms with Crippen molar-refractivity contribution in [3.05, 3.63) is 57.0 Å². The van der Waals surface area contributed by atoms with Gasteiger partial charge in [-0.1, -0.05) is 39.7 Å². The molecule has 104 valence electrons. The first-order valence-electron chi connectivity index (χ1n) is 5.93. The van der Waals surface area contributed by atoms with Gasteiger partial charge in [-0.3, -0.25) is 4.79 Å². The second kappa shape index (κ2) is 6.29. The molecular formula is C15H13BrClNO2. The molecule has 0 aliphatic carbocycles. The van der Waals surface area contributed by atoms with E-state index in [0.29, 0.717) is 22.0 Å². The monoisotopic (exact) mass is 353 g/mol. The second-order valence-electron chi connectivity index (χ2n) is 4.23. The zero-order valence-electron chi connectivity index (χ0n) is 11.0. The lowest BCUT2D eigenvalue weighted by Gasteiger charge is -2.12. The first-order valence-corrected chi connectivity index (χ1v) is 7.10. The minimum atomic E-state index is -0.255. The first-order chi connectivity index (χ1) is 9.52. The molecule has 0 radical (unpaired) electrons. The van der Waals surface area contributed by atoms with Crippen molar-refractivity contribution in [2.45, 2.75) is 6.92 Å². The third-order valence-corrected chi connectivity index (χ3v) is 3.65. The molecule has 0 fully saturated rings. The van der Waals surface area contributed by atoms with Crippen LogP contribution in [-0.2, 0) is 0 Å². The van der Waals surface area contributed by atoms with Crippen LogP contribution in [0.1, 0.15) is 15.9 Å². The summed E-state index contributed by atoms with van der Waals surface area (Å²) in [4.78, 5) is 12.3. The molecular weight excluding hydrogens is 342 g/mol. The number of carbonyl (C=O) groups excluding carboxylic acids is 1. The molecule has 0 aliphatic heterocycles. The first kappa shape index (κ1) is 14.9. The van der Waals surface area contributed by atoms with Crippen LogP contribution in [0.25, 0.3) is 0 Å². The van der Waals surface area contributed by atoms with Gasteiger partial charge in [0.25, 0.3) is 5.91 Å². The summed E-state index contributed by atoms with van der Waals surface area (Å²) in [6.07, 6.45) is 0. The molecule has 0 aliphatic rings. The maximum Gasteiger partial charge on any atom is 0.259 e. The third kappa shape index (κ3) is 3.14. The summed E-state index contributed by atoms with van der Waals surface area (Å²) in [6, 6.07) is 10.7. The Hall–Kier alpha value is -1.52. The second-order valence-corrected chi connectivity index (χ2v) is 5.56. The van der Waals surface area contributed by atoms with E-state index in [9.17, 15) is 4.79 Å². The lowest BCUT2D eigenvalue weighted by Crippen LogP contribution is -2.14. The molecule has 0 bridgehead atoms. The van der Waals surface area contributed by atoms with Gasteiger partial charge in [-0.15, -0.1) is 0 Å². The number of amides is 1.